The van der Waals surface area contributed by atoms with Crippen molar-refractivity contribution < 1.29 is 34.3 Å². The molecule has 0 aromatic carbocycles. The summed E-state index contributed by atoms with van der Waals surface area (Å²) in [5.74, 6) is 0. The molecular weight excluding hydrogens is 316 g/mol. The quantitative estimate of drug-likeness (QED) is 0.313. The molecule has 0 heterocycles. The molecule has 0 aromatic heterocycles. The van der Waals surface area contributed by atoms with Crippen molar-refractivity contribution in [3.8, 4) is 0 Å². The van der Waals surface area contributed by atoms with Gasteiger partial charge in [0.05, 0.1) is 39.6 Å². The van der Waals surface area contributed by atoms with Crippen LogP contribution in [0.2, 0.25) is 0 Å². The zero-order valence-electron chi connectivity index (χ0n) is 15.2. The van der Waals surface area contributed by atoms with E-state index in [0.29, 0.717) is 26.4 Å². The zero-order chi connectivity index (χ0) is 18.0. The summed E-state index contributed by atoms with van der Waals surface area (Å²) < 4.78 is 22.2. The molecule has 0 aliphatic heterocycles. The second kappa shape index (κ2) is 17.5. The van der Waals surface area contributed by atoms with Gasteiger partial charge >= 0.3 is 0 Å². The second-order valence-corrected chi connectivity index (χ2v) is 5.79. The molecule has 0 bridgehead atoms. The van der Waals surface area contributed by atoms with Crippen LogP contribution in [0.4, 0.5) is 0 Å². The van der Waals surface area contributed by atoms with Crippen LogP contribution in [-0.4, -0.2) is 86.5 Å². The number of unbranched alkanes of at least 4 members (excludes halogenated alkanes) is 2. The molecule has 0 radical (unpaired) electrons. The summed E-state index contributed by atoms with van der Waals surface area (Å²) in [7, 11) is 0. The van der Waals surface area contributed by atoms with Crippen molar-refractivity contribution >= 4 is 0 Å². The minimum absolute atomic E-state index is 0.0299. The number of aliphatic hydroxyl groups excluding tert-OH is 3. The highest BCUT2D eigenvalue weighted by Gasteiger charge is 2.18. The summed E-state index contributed by atoms with van der Waals surface area (Å²) in [5.41, 5.74) is 0. The van der Waals surface area contributed by atoms with E-state index >= 15 is 0 Å². The number of aliphatic hydroxyl groups is 3. The van der Waals surface area contributed by atoms with Gasteiger partial charge in [-0.1, -0.05) is 26.7 Å². The van der Waals surface area contributed by atoms with Crippen LogP contribution in [0.5, 0.6) is 0 Å². The van der Waals surface area contributed by atoms with Crippen molar-refractivity contribution in [2.45, 2.75) is 57.8 Å². The Labute approximate surface area is 145 Å². The van der Waals surface area contributed by atoms with Crippen LogP contribution >= 0.6 is 0 Å². The maximum atomic E-state index is 9.43. The lowest BCUT2D eigenvalue weighted by atomic mass is 10.3. The standard InChI is InChI=1S/C17H36O7/c1-3-5-7-21-12-16(10-19)24-17(13-22-8-6-4-2)14-23-11-15(20)9-18/h15-20H,3-14H2,1-2H3. The van der Waals surface area contributed by atoms with Gasteiger partial charge in [-0.2, -0.15) is 0 Å². The third-order valence-corrected chi connectivity index (χ3v) is 3.31. The van der Waals surface area contributed by atoms with Crippen molar-refractivity contribution in [2.24, 2.45) is 0 Å². The molecule has 0 saturated carbocycles. The molecule has 3 unspecified atom stereocenters. The van der Waals surface area contributed by atoms with Crippen molar-refractivity contribution in [3.63, 3.8) is 0 Å². The fourth-order valence-electron chi connectivity index (χ4n) is 1.84. The number of hydrogen-bond donors (Lipinski definition) is 3. The van der Waals surface area contributed by atoms with Crippen molar-refractivity contribution in [2.75, 3.05) is 52.9 Å². The van der Waals surface area contributed by atoms with Gasteiger partial charge < -0.3 is 34.3 Å². The van der Waals surface area contributed by atoms with E-state index in [2.05, 4.69) is 13.8 Å². The molecule has 0 spiro atoms. The van der Waals surface area contributed by atoms with Crippen LogP contribution < -0.4 is 0 Å². The second-order valence-electron chi connectivity index (χ2n) is 5.79. The Hall–Kier alpha value is -0.280. The van der Waals surface area contributed by atoms with E-state index in [1.807, 2.05) is 0 Å². The minimum Gasteiger partial charge on any atom is -0.394 e. The molecule has 3 N–H and O–H groups in total. The normalized spacial score (nSPS) is 15.4. The molecular formula is C17H36O7. The van der Waals surface area contributed by atoms with Crippen LogP contribution in [0.1, 0.15) is 39.5 Å². The summed E-state index contributed by atoms with van der Waals surface area (Å²) in [4.78, 5) is 0. The Kier molecular flexibility index (Phi) is 17.3. The van der Waals surface area contributed by atoms with Gasteiger partial charge in [0.2, 0.25) is 0 Å². The first-order valence-electron chi connectivity index (χ1n) is 8.96. The zero-order valence-corrected chi connectivity index (χ0v) is 15.2. The molecule has 7 nitrogen and oxygen atoms in total. The number of hydrogen-bond acceptors (Lipinski definition) is 7. The average molecular weight is 352 g/mol. The minimum atomic E-state index is -0.905. The molecule has 146 valence electrons. The molecule has 0 amide bonds. The average Bonchev–Trinajstić information content (AvgIpc) is 2.60. The lowest BCUT2D eigenvalue weighted by Crippen LogP contribution is -2.36. The maximum Gasteiger partial charge on any atom is 0.105 e. The van der Waals surface area contributed by atoms with E-state index in [1.165, 1.54) is 0 Å². The third-order valence-electron chi connectivity index (χ3n) is 3.31. The Morgan fingerprint density at radius 3 is 1.75 bits per heavy atom. The first kappa shape index (κ1) is 23.7. The fourth-order valence-corrected chi connectivity index (χ4v) is 1.84. The molecule has 0 fully saturated rings. The Morgan fingerprint density at radius 2 is 1.25 bits per heavy atom. The number of rotatable bonds is 18. The molecule has 0 aliphatic carbocycles. The van der Waals surface area contributed by atoms with Gasteiger partial charge in [0.1, 0.15) is 18.3 Å². The monoisotopic (exact) mass is 352 g/mol. The molecule has 3 atom stereocenters. The van der Waals surface area contributed by atoms with Crippen molar-refractivity contribution in [1.82, 2.24) is 0 Å². The Balaban J connectivity index is 4.20. The summed E-state index contributed by atoms with van der Waals surface area (Å²) in [6, 6.07) is 0. The van der Waals surface area contributed by atoms with Crippen LogP contribution in [0, 0.1) is 0 Å². The van der Waals surface area contributed by atoms with Gasteiger partial charge in [0.15, 0.2) is 0 Å². The van der Waals surface area contributed by atoms with Gasteiger partial charge in [-0.05, 0) is 12.8 Å². The third kappa shape index (κ3) is 14.1. The highest BCUT2D eigenvalue weighted by molar-refractivity contribution is 4.63. The SMILES string of the molecule is CCCCOCC(CO)OC(COCCCC)COCC(O)CO. The highest BCUT2D eigenvalue weighted by atomic mass is 16.6. The fraction of sp³-hybridized carbons (Fsp3) is 1.00. The van der Waals surface area contributed by atoms with E-state index in [9.17, 15) is 10.2 Å². The first-order chi connectivity index (χ1) is 11.7. The van der Waals surface area contributed by atoms with E-state index in [4.69, 9.17) is 24.1 Å². The first-order valence-corrected chi connectivity index (χ1v) is 8.96. The van der Waals surface area contributed by atoms with Gasteiger partial charge in [0, 0.05) is 13.2 Å². The van der Waals surface area contributed by atoms with Crippen LogP contribution in [0.25, 0.3) is 0 Å². The number of ether oxygens (including phenoxy) is 4. The topological polar surface area (TPSA) is 97.6 Å². The highest BCUT2D eigenvalue weighted by Crippen LogP contribution is 2.04. The van der Waals surface area contributed by atoms with Crippen LogP contribution in [0.3, 0.4) is 0 Å². The molecule has 24 heavy (non-hydrogen) atoms. The predicted octanol–water partition coefficient (Wildman–Crippen LogP) is 0.736. The lowest BCUT2D eigenvalue weighted by Gasteiger charge is -2.24. The summed E-state index contributed by atoms with van der Waals surface area (Å²) in [6.45, 7) is 5.90. The van der Waals surface area contributed by atoms with E-state index in [-0.39, 0.29) is 32.5 Å². The summed E-state index contributed by atoms with van der Waals surface area (Å²) in [5, 5.41) is 27.5. The van der Waals surface area contributed by atoms with Crippen LogP contribution in [0.15, 0.2) is 0 Å². The van der Waals surface area contributed by atoms with E-state index in [0.717, 1.165) is 25.7 Å². The van der Waals surface area contributed by atoms with Gasteiger partial charge in [-0.3, -0.25) is 0 Å². The molecule has 0 aliphatic rings. The van der Waals surface area contributed by atoms with E-state index in [1.54, 1.807) is 0 Å². The molecule has 0 rings (SSSR count). The van der Waals surface area contributed by atoms with Crippen molar-refractivity contribution in [3.05, 3.63) is 0 Å². The largest absolute Gasteiger partial charge is 0.394 e. The summed E-state index contributed by atoms with van der Waals surface area (Å²) in [6.07, 6.45) is 2.35. The van der Waals surface area contributed by atoms with Crippen LogP contribution in [-0.2, 0) is 18.9 Å². The predicted molar refractivity (Wildman–Crippen MR) is 91.1 cm³/mol. The maximum absolute atomic E-state index is 9.43. The van der Waals surface area contributed by atoms with E-state index < -0.39 is 12.2 Å². The summed E-state index contributed by atoms with van der Waals surface area (Å²) >= 11 is 0. The van der Waals surface area contributed by atoms with Gasteiger partial charge in [-0.15, -0.1) is 0 Å². The Morgan fingerprint density at radius 1 is 0.708 bits per heavy atom. The molecule has 0 saturated heterocycles. The Bertz CT molecular complexity index is 253. The van der Waals surface area contributed by atoms with Gasteiger partial charge in [0.25, 0.3) is 0 Å². The van der Waals surface area contributed by atoms with Gasteiger partial charge in [-0.25, -0.2) is 0 Å². The van der Waals surface area contributed by atoms with Crippen molar-refractivity contribution in [1.29, 1.82) is 0 Å². The lowest BCUT2D eigenvalue weighted by molar-refractivity contribution is -0.129. The molecule has 0 aromatic rings. The molecule has 7 heteroatoms. The smallest absolute Gasteiger partial charge is 0.105 e.